The second kappa shape index (κ2) is 8.31. The quantitative estimate of drug-likeness (QED) is 0.780. The Kier molecular flexibility index (Phi) is 5.78. The molecule has 0 aliphatic carbocycles. The first-order valence-corrected chi connectivity index (χ1v) is 11.3. The minimum absolute atomic E-state index is 0.0324. The molecule has 2 heterocycles. The van der Waals surface area contributed by atoms with Crippen molar-refractivity contribution in [2.45, 2.75) is 11.3 Å². The highest BCUT2D eigenvalue weighted by molar-refractivity contribution is 7.89. The van der Waals surface area contributed by atoms with Crippen LogP contribution in [0, 0.1) is 0 Å². The molecule has 0 bridgehead atoms. The molecular weight excluding hydrogens is 414 g/mol. The number of halogens is 1. The van der Waals surface area contributed by atoms with Crippen molar-refractivity contribution < 1.29 is 17.9 Å². The van der Waals surface area contributed by atoms with Gasteiger partial charge in [0.05, 0.1) is 24.8 Å². The highest BCUT2D eigenvalue weighted by Crippen LogP contribution is 2.29. The van der Waals surface area contributed by atoms with Crippen molar-refractivity contribution >= 4 is 38.9 Å². The summed E-state index contributed by atoms with van der Waals surface area (Å²) < 4.78 is 32.5. The summed E-state index contributed by atoms with van der Waals surface area (Å²) >= 11 is 6.18. The van der Waals surface area contributed by atoms with Crippen LogP contribution in [0.2, 0.25) is 5.02 Å². The van der Waals surface area contributed by atoms with Crippen LogP contribution in [0.5, 0.6) is 0 Å². The van der Waals surface area contributed by atoms with E-state index in [1.807, 2.05) is 24.3 Å². The van der Waals surface area contributed by atoms with Crippen LogP contribution in [0.15, 0.2) is 47.4 Å². The van der Waals surface area contributed by atoms with Gasteiger partial charge in [-0.05, 0) is 36.2 Å². The minimum atomic E-state index is -3.72. The summed E-state index contributed by atoms with van der Waals surface area (Å²) in [5, 5.41) is 3.19. The van der Waals surface area contributed by atoms with E-state index in [1.165, 1.54) is 16.4 Å². The number of carbonyl (C=O) groups excluding carboxylic acids is 1. The molecule has 2 aromatic rings. The van der Waals surface area contributed by atoms with Crippen LogP contribution in [0.25, 0.3) is 0 Å². The van der Waals surface area contributed by atoms with Crippen molar-refractivity contribution in [3.05, 3.63) is 53.1 Å². The zero-order valence-electron chi connectivity index (χ0n) is 15.8. The van der Waals surface area contributed by atoms with E-state index < -0.39 is 10.0 Å². The highest BCUT2D eigenvalue weighted by atomic mass is 35.5. The number of hydrogen-bond acceptors (Lipinski definition) is 5. The van der Waals surface area contributed by atoms with E-state index in [-0.39, 0.29) is 22.4 Å². The Balaban J connectivity index is 1.48. The summed E-state index contributed by atoms with van der Waals surface area (Å²) in [7, 11) is -3.72. The van der Waals surface area contributed by atoms with Crippen LogP contribution < -0.4 is 10.2 Å². The van der Waals surface area contributed by atoms with Gasteiger partial charge in [0.15, 0.2) is 0 Å². The number of fused-ring (bicyclic) bond motifs is 1. The van der Waals surface area contributed by atoms with Crippen LogP contribution in [-0.2, 0) is 26.0 Å². The van der Waals surface area contributed by atoms with Crippen LogP contribution >= 0.6 is 11.6 Å². The number of amides is 1. The predicted octanol–water partition coefficient (Wildman–Crippen LogP) is 2.36. The summed E-state index contributed by atoms with van der Waals surface area (Å²) in [5.74, 6) is -0.0671. The lowest BCUT2D eigenvalue weighted by molar-refractivity contribution is -0.116. The van der Waals surface area contributed by atoms with Crippen molar-refractivity contribution in [1.29, 1.82) is 0 Å². The molecule has 154 valence electrons. The zero-order chi connectivity index (χ0) is 20.4. The van der Waals surface area contributed by atoms with E-state index in [9.17, 15) is 13.2 Å². The molecule has 1 fully saturated rings. The zero-order valence-corrected chi connectivity index (χ0v) is 17.4. The predicted molar refractivity (Wildman–Crippen MR) is 112 cm³/mol. The third-order valence-electron chi connectivity index (χ3n) is 5.15. The Morgan fingerprint density at radius 1 is 1.10 bits per heavy atom. The number of benzene rings is 2. The van der Waals surface area contributed by atoms with E-state index in [2.05, 4.69) is 5.32 Å². The van der Waals surface area contributed by atoms with E-state index in [0.717, 1.165) is 17.7 Å². The largest absolute Gasteiger partial charge is 0.379 e. The van der Waals surface area contributed by atoms with Gasteiger partial charge in [-0.1, -0.05) is 29.8 Å². The SMILES string of the molecule is O=C(CNc1ccc(Cl)c(S(=O)(=O)N2CCOCC2)c1)N1CCc2ccccc21. The van der Waals surface area contributed by atoms with Crippen molar-refractivity contribution in [2.75, 3.05) is 49.6 Å². The number of carbonyl (C=O) groups is 1. The number of morpholine rings is 1. The van der Waals surface area contributed by atoms with Gasteiger partial charge in [-0.3, -0.25) is 4.79 Å². The molecule has 2 aliphatic heterocycles. The fraction of sp³-hybridized carbons (Fsp3) is 0.350. The molecule has 0 atom stereocenters. The molecule has 0 aromatic heterocycles. The monoisotopic (exact) mass is 435 g/mol. The first kappa shape index (κ1) is 20.2. The standard InChI is InChI=1S/C20H22ClN3O4S/c21-17-6-5-16(13-19(17)29(26,27)23-9-11-28-12-10-23)22-14-20(25)24-8-7-15-3-1-2-4-18(15)24/h1-6,13,22H,7-12,14H2. The van der Waals surface area contributed by atoms with Gasteiger partial charge < -0.3 is 15.0 Å². The molecule has 1 N–H and O–H groups in total. The Bertz CT molecular complexity index is 1020. The van der Waals surface area contributed by atoms with Gasteiger partial charge in [0, 0.05) is 31.0 Å². The summed E-state index contributed by atoms with van der Waals surface area (Å²) in [5.41, 5.74) is 2.62. The molecule has 0 saturated carbocycles. The summed E-state index contributed by atoms with van der Waals surface area (Å²) in [4.78, 5) is 14.5. The molecule has 1 amide bonds. The Morgan fingerprint density at radius 3 is 2.66 bits per heavy atom. The fourth-order valence-corrected chi connectivity index (χ4v) is 5.52. The molecule has 1 saturated heterocycles. The topological polar surface area (TPSA) is 79.0 Å². The van der Waals surface area contributed by atoms with Gasteiger partial charge in [-0.25, -0.2) is 8.42 Å². The maximum atomic E-state index is 12.9. The van der Waals surface area contributed by atoms with E-state index in [0.29, 0.717) is 38.5 Å². The van der Waals surface area contributed by atoms with Crippen LogP contribution in [0.4, 0.5) is 11.4 Å². The van der Waals surface area contributed by atoms with Gasteiger partial charge in [-0.15, -0.1) is 0 Å². The lowest BCUT2D eigenvalue weighted by Crippen LogP contribution is -2.40. The number of sulfonamides is 1. The lowest BCUT2D eigenvalue weighted by Gasteiger charge is -2.26. The summed E-state index contributed by atoms with van der Waals surface area (Å²) in [6.45, 7) is 2.03. The van der Waals surface area contributed by atoms with Crippen molar-refractivity contribution in [1.82, 2.24) is 4.31 Å². The maximum absolute atomic E-state index is 12.9. The normalized spacial score (nSPS) is 17.2. The molecular formula is C20H22ClN3O4S. The van der Waals surface area contributed by atoms with Crippen LogP contribution in [0.3, 0.4) is 0 Å². The Morgan fingerprint density at radius 2 is 1.86 bits per heavy atom. The smallest absolute Gasteiger partial charge is 0.246 e. The Labute approximate surface area is 175 Å². The molecule has 0 spiro atoms. The Hall–Kier alpha value is -2.13. The van der Waals surface area contributed by atoms with Crippen molar-refractivity contribution in [3.8, 4) is 0 Å². The van der Waals surface area contributed by atoms with Gasteiger partial charge in [-0.2, -0.15) is 4.31 Å². The number of nitrogens with zero attached hydrogens (tertiary/aromatic N) is 2. The van der Waals surface area contributed by atoms with Crippen LogP contribution in [0.1, 0.15) is 5.56 Å². The average molecular weight is 436 g/mol. The van der Waals surface area contributed by atoms with Gasteiger partial charge >= 0.3 is 0 Å². The van der Waals surface area contributed by atoms with Crippen LogP contribution in [-0.4, -0.2) is 58.0 Å². The molecule has 2 aromatic carbocycles. The molecule has 0 unspecified atom stereocenters. The van der Waals surface area contributed by atoms with E-state index >= 15 is 0 Å². The third-order valence-corrected chi connectivity index (χ3v) is 7.53. The maximum Gasteiger partial charge on any atom is 0.246 e. The van der Waals surface area contributed by atoms with Gasteiger partial charge in [0.1, 0.15) is 4.90 Å². The van der Waals surface area contributed by atoms with Gasteiger partial charge in [0.25, 0.3) is 0 Å². The number of rotatable bonds is 5. The van der Waals surface area contributed by atoms with E-state index in [4.69, 9.17) is 16.3 Å². The second-order valence-electron chi connectivity index (χ2n) is 6.94. The first-order chi connectivity index (χ1) is 14.0. The first-order valence-electron chi connectivity index (χ1n) is 9.46. The summed E-state index contributed by atoms with van der Waals surface area (Å²) in [6.07, 6.45) is 0.838. The molecule has 7 nitrogen and oxygen atoms in total. The van der Waals surface area contributed by atoms with Gasteiger partial charge in [0.2, 0.25) is 15.9 Å². The number of nitrogens with one attached hydrogen (secondary N) is 1. The highest BCUT2D eigenvalue weighted by Gasteiger charge is 2.29. The molecule has 4 rings (SSSR count). The number of hydrogen-bond donors (Lipinski definition) is 1. The number of para-hydroxylation sites is 1. The molecule has 29 heavy (non-hydrogen) atoms. The molecule has 9 heteroatoms. The average Bonchev–Trinajstić information content (AvgIpc) is 3.18. The fourth-order valence-electron chi connectivity index (χ4n) is 3.61. The van der Waals surface area contributed by atoms with Crippen molar-refractivity contribution in [3.63, 3.8) is 0 Å². The lowest BCUT2D eigenvalue weighted by atomic mass is 10.2. The summed E-state index contributed by atoms with van der Waals surface area (Å²) in [6, 6.07) is 12.5. The molecule has 0 radical (unpaired) electrons. The van der Waals surface area contributed by atoms with Crippen molar-refractivity contribution in [2.24, 2.45) is 0 Å². The number of ether oxygens (including phenoxy) is 1. The third kappa shape index (κ3) is 4.11. The minimum Gasteiger partial charge on any atom is -0.379 e. The van der Waals surface area contributed by atoms with E-state index in [1.54, 1.807) is 11.0 Å². The number of anilines is 2. The second-order valence-corrected chi connectivity index (χ2v) is 9.25. The molecule has 2 aliphatic rings.